The zero-order valence-electron chi connectivity index (χ0n) is 10.9. The van der Waals surface area contributed by atoms with Crippen molar-refractivity contribution in [2.75, 3.05) is 6.54 Å². The van der Waals surface area contributed by atoms with Gasteiger partial charge in [0.25, 0.3) is 0 Å². The molecule has 2 atom stereocenters. The Morgan fingerprint density at radius 1 is 1.29 bits per heavy atom. The molecule has 1 fully saturated rings. The summed E-state index contributed by atoms with van der Waals surface area (Å²) in [5.74, 6) is 0. The van der Waals surface area contributed by atoms with Crippen molar-refractivity contribution in [2.24, 2.45) is 0 Å². The van der Waals surface area contributed by atoms with Gasteiger partial charge in [-0.1, -0.05) is 37.5 Å². The first kappa shape index (κ1) is 13.0. The Balaban J connectivity index is 2.00. The van der Waals surface area contributed by atoms with Crippen LogP contribution in [0.2, 0.25) is 0 Å². The zero-order chi connectivity index (χ0) is 12.1. The number of nitrogens with one attached hydrogen (secondary N) is 1. The fourth-order valence-electron chi connectivity index (χ4n) is 2.60. The monoisotopic (exact) mass is 249 g/mol. The number of hydrogen-bond donors (Lipinski definition) is 1. The van der Waals surface area contributed by atoms with Crippen molar-refractivity contribution in [1.29, 1.82) is 0 Å². The lowest BCUT2D eigenvalue weighted by Crippen LogP contribution is -2.40. The van der Waals surface area contributed by atoms with Crippen molar-refractivity contribution in [3.8, 4) is 0 Å². The smallest absolute Gasteiger partial charge is 0.0248 e. The molecule has 1 saturated carbocycles. The molecule has 0 saturated heterocycles. The third-order valence-electron chi connectivity index (χ3n) is 3.45. The van der Waals surface area contributed by atoms with Gasteiger partial charge < -0.3 is 5.32 Å². The van der Waals surface area contributed by atoms with Crippen LogP contribution in [0.3, 0.4) is 0 Å². The molecule has 94 valence electrons. The van der Waals surface area contributed by atoms with Crippen molar-refractivity contribution >= 4 is 11.8 Å². The summed E-state index contributed by atoms with van der Waals surface area (Å²) >= 11 is 2.06. The molecule has 0 amide bonds. The Hall–Kier alpha value is -0.470. The maximum atomic E-state index is 3.65. The van der Waals surface area contributed by atoms with Crippen LogP contribution in [0.5, 0.6) is 0 Å². The second kappa shape index (κ2) is 6.46. The molecule has 1 aromatic carbocycles. The van der Waals surface area contributed by atoms with E-state index in [0.717, 1.165) is 11.8 Å². The van der Waals surface area contributed by atoms with Crippen LogP contribution in [0.25, 0.3) is 0 Å². The Morgan fingerprint density at radius 2 is 2.12 bits per heavy atom. The van der Waals surface area contributed by atoms with Gasteiger partial charge in [-0.15, -0.1) is 11.8 Å². The Kier molecular flexibility index (Phi) is 4.93. The summed E-state index contributed by atoms with van der Waals surface area (Å²) < 4.78 is 0. The van der Waals surface area contributed by atoms with E-state index >= 15 is 0 Å². The number of rotatable bonds is 4. The summed E-state index contributed by atoms with van der Waals surface area (Å²) in [6.45, 7) is 5.48. The van der Waals surface area contributed by atoms with Gasteiger partial charge in [0.15, 0.2) is 0 Å². The maximum absolute atomic E-state index is 3.65. The highest BCUT2D eigenvalue weighted by atomic mass is 32.2. The second-order valence-electron chi connectivity index (χ2n) is 4.92. The van der Waals surface area contributed by atoms with E-state index in [9.17, 15) is 0 Å². The van der Waals surface area contributed by atoms with E-state index in [-0.39, 0.29) is 0 Å². The Morgan fingerprint density at radius 3 is 2.88 bits per heavy atom. The predicted molar refractivity (Wildman–Crippen MR) is 76.8 cm³/mol. The van der Waals surface area contributed by atoms with Crippen molar-refractivity contribution < 1.29 is 0 Å². The normalized spacial score (nSPS) is 24.8. The molecule has 0 heterocycles. The van der Waals surface area contributed by atoms with Gasteiger partial charge in [0.05, 0.1) is 0 Å². The second-order valence-corrected chi connectivity index (χ2v) is 6.23. The first-order valence-electron chi connectivity index (χ1n) is 6.76. The third kappa shape index (κ3) is 3.75. The van der Waals surface area contributed by atoms with Crippen LogP contribution in [0, 0.1) is 6.92 Å². The fourth-order valence-corrected chi connectivity index (χ4v) is 4.04. The van der Waals surface area contributed by atoms with Gasteiger partial charge in [-0.3, -0.25) is 0 Å². The molecule has 1 aromatic rings. The largest absolute Gasteiger partial charge is 0.313 e. The molecule has 1 aliphatic carbocycles. The molecule has 17 heavy (non-hydrogen) atoms. The number of aryl methyl sites for hydroxylation is 1. The van der Waals surface area contributed by atoms with Crippen LogP contribution < -0.4 is 5.32 Å². The molecule has 2 unspecified atom stereocenters. The van der Waals surface area contributed by atoms with Gasteiger partial charge in [-0.2, -0.15) is 0 Å². The van der Waals surface area contributed by atoms with Gasteiger partial charge in [-0.05, 0) is 38.4 Å². The molecule has 1 N–H and O–H groups in total. The molecular formula is C15H23NS. The zero-order valence-corrected chi connectivity index (χ0v) is 11.7. The summed E-state index contributed by atoms with van der Waals surface area (Å²) in [5, 5.41) is 4.40. The van der Waals surface area contributed by atoms with E-state index in [0.29, 0.717) is 6.04 Å². The minimum absolute atomic E-state index is 0.708. The van der Waals surface area contributed by atoms with Gasteiger partial charge in [0, 0.05) is 16.2 Å². The highest BCUT2D eigenvalue weighted by molar-refractivity contribution is 8.00. The highest BCUT2D eigenvalue weighted by Gasteiger charge is 2.24. The predicted octanol–water partition coefficient (Wildman–Crippen LogP) is 4.01. The minimum atomic E-state index is 0.708. The molecule has 1 nitrogen and oxygen atoms in total. The quantitative estimate of drug-likeness (QED) is 0.865. The Labute approximate surface area is 109 Å². The van der Waals surface area contributed by atoms with Gasteiger partial charge >= 0.3 is 0 Å². The lowest BCUT2D eigenvalue weighted by Gasteiger charge is -2.31. The lowest BCUT2D eigenvalue weighted by atomic mass is 9.95. The molecule has 1 aliphatic rings. The van der Waals surface area contributed by atoms with Gasteiger partial charge in [-0.25, -0.2) is 0 Å². The van der Waals surface area contributed by atoms with E-state index in [4.69, 9.17) is 0 Å². The molecular weight excluding hydrogens is 226 g/mol. The summed E-state index contributed by atoms with van der Waals surface area (Å²) in [6, 6.07) is 9.60. The standard InChI is InChI=1S/C15H23NS/c1-3-16-14-9-4-5-10-15(14)17-13-8-6-7-12(2)11-13/h6-8,11,14-16H,3-5,9-10H2,1-2H3. The first-order chi connectivity index (χ1) is 8.29. The molecule has 0 bridgehead atoms. The average molecular weight is 249 g/mol. The minimum Gasteiger partial charge on any atom is -0.313 e. The van der Waals surface area contributed by atoms with Crippen molar-refractivity contribution in [3.63, 3.8) is 0 Å². The van der Waals surface area contributed by atoms with Crippen LogP contribution in [0.4, 0.5) is 0 Å². The molecule has 0 aromatic heterocycles. The van der Waals surface area contributed by atoms with E-state index in [1.165, 1.54) is 36.1 Å². The molecule has 2 rings (SSSR count). The third-order valence-corrected chi connectivity index (χ3v) is 4.84. The van der Waals surface area contributed by atoms with Crippen molar-refractivity contribution in [2.45, 2.75) is 55.7 Å². The van der Waals surface area contributed by atoms with Crippen LogP contribution >= 0.6 is 11.8 Å². The topological polar surface area (TPSA) is 12.0 Å². The summed E-state index contributed by atoms with van der Waals surface area (Å²) in [4.78, 5) is 1.43. The Bertz CT molecular complexity index is 349. The van der Waals surface area contributed by atoms with Crippen LogP contribution in [0.15, 0.2) is 29.2 Å². The molecule has 0 radical (unpaired) electrons. The van der Waals surface area contributed by atoms with Gasteiger partial charge in [0.2, 0.25) is 0 Å². The molecule has 0 spiro atoms. The van der Waals surface area contributed by atoms with E-state index in [1.807, 2.05) is 0 Å². The van der Waals surface area contributed by atoms with Crippen molar-refractivity contribution in [1.82, 2.24) is 5.32 Å². The number of thioether (sulfide) groups is 1. The SMILES string of the molecule is CCNC1CCCCC1Sc1cccc(C)c1. The lowest BCUT2D eigenvalue weighted by molar-refractivity contribution is 0.391. The number of hydrogen-bond acceptors (Lipinski definition) is 2. The molecule has 2 heteroatoms. The van der Waals surface area contributed by atoms with Gasteiger partial charge in [0.1, 0.15) is 0 Å². The van der Waals surface area contributed by atoms with Crippen LogP contribution in [-0.2, 0) is 0 Å². The number of benzene rings is 1. The first-order valence-corrected chi connectivity index (χ1v) is 7.64. The maximum Gasteiger partial charge on any atom is 0.0248 e. The van der Waals surface area contributed by atoms with E-state index in [1.54, 1.807) is 0 Å². The fraction of sp³-hybridized carbons (Fsp3) is 0.600. The summed E-state index contributed by atoms with van der Waals surface area (Å²) in [7, 11) is 0. The van der Waals surface area contributed by atoms with E-state index < -0.39 is 0 Å². The van der Waals surface area contributed by atoms with Crippen molar-refractivity contribution in [3.05, 3.63) is 29.8 Å². The van der Waals surface area contributed by atoms with Crippen LogP contribution in [-0.4, -0.2) is 17.8 Å². The average Bonchev–Trinajstić information content (AvgIpc) is 2.32. The summed E-state index contributed by atoms with van der Waals surface area (Å²) in [6.07, 6.45) is 5.49. The molecule has 0 aliphatic heterocycles. The highest BCUT2D eigenvalue weighted by Crippen LogP contribution is 2.34. The summed E-state index contributed by atoms with van der Waals surface area (Å²) in [5.41, 5.74) is 1.37. The van der Waals surface area contributed by atoms with E-state index in [2.05, 4.69) is 55.2 Å². The van der Waals surface area contributed by atoms with Crippen LogP contribution in [0.1, 0.15) is 38.2 Å².